The topological polar surface area (TPSA) is 179 Å². The first-order valence-electron chi connectivity index (χ1n) is 16.1. The van der Waals surface area contributed by atoms with Crippen LogP contribution in [0.2, 0.25) is 0 Å². The molecule has 4 aromatic carbocycles. The fourth-order valence-electron chi connectivity index (χ4n) is 3.91. The van der Waals surface area contributed by atoms with Gasteiger partial charge in [-0.3, -0.25) is 0 Å². The summed E-state index contributed by atoms with van der Waals surface area (Å²) in [6.07, 6.45) is 5.11. The summed E-state index contributed by atoms with van der Waals surface area (Å²) in [6.45, 7) is 4.00. The molecule has 6 rings (SSSR count). The molecular weight excluding hydrogens is 1100 g/mol. The van der Waals surface area contributed by atoms with Gasteiger partial charge < -0.3 is 49.1 Å². The third-order valence-corrected chi connectivity index (χ3v) is 6.94. The third-order valence-electron chi connectivity index (χ3n) is 6.94. The maximum absolute atomic E-state index is 12.5. The minimum absolute atomic E-state index is 0. The van der Waals surface area contributed by atoms with E-state index in [0.29, 0.717) is 0 Å². The largest absolute Gasteiger partial charge is 2.00 e. The van der Waals surface area contributed by atoms with E-state index in [9.17, 15) is 110 Å². The molecule has 0 amide bonds. The molecule has 64 heavy (non-hydrogen) atoms. The molecule has 0 aromatic heterocycles. The molecule has 28 heteroatoms. The molecule has 2 aliphatic rings. The molecule has 0 aliphatic carbocycles. The number of aromatic carboxylic acids is 4. The summed E-state index contributed by atoms with van der Waals surface area (Å²) < 4.78 is 207. The van der Waals surface area contributed by atoms with E-state index in [1.54, 1.807) is 0 Å². The van der Waals surface area contributed by atoms with E-state index in [4.69, 9.17) is 9.47 Å². The molecule has 2 heterocycles. The number of carbonyl (C=O) groups is 4. The van der Waals surface area contributed by atoms with Gasteiger partial charge in [-0.1, -0.05) is 0 Å². The second-order valence-corrected chi connectivity index (χ2v) is 11.2. The van der Waals surface area contributed by atoms with E-state index in [0.717, 1.165) is 26.4 Å². The van der Waals surface area contributed by atoms with Crippen LogP contribution in [0.1, 0.15) is 67.1 Å². The van der Waals surface area contributed by atoms with Gasteiger partial charge in [-0.15, -0.1) is 0 Å². The smallest absolute Gasteiger partial charge is 0.545 e. The Kier molecular flexibility index (Phi) is 27.2. The average molecular weight is 1120 g/mol. The van der Waals surface area contributed by atoms with E-state index in [1.165, 1.54) is 25.7 Å². The molecule has 0 saturated carbocycles. The predicted molar refractivity (Wildman–Crippen MR) is 163 cm³/mol. The fourth-order valence-corrected chi connectivity index (χ4v) is 3.91. The molecule has 0 bridgehead atoms. The van der Waals surface area contributed by atoms with Gasteiger partial charge >= 0.3 is 39.0 Å². The Morgan fingerprint density at radius 3 is 0.578 bits per heavy atom. The van der Waals surface area contributed by atoms with Crippen molar-refractivity contribution in [3.63, 3.8) is 0 Å². The standard InChI is InChI=1S/4C7H2F4O2.2C4H8O.2Ru/c4*8-3-1-2(7(12)13)4(9)6(11)5(3)10;2*1-2-4-5-3-1;;/h4*1H,(H,12,13);2*1-4H2;;/q;;;;;;2*+2/p-4. The van der Waals surface area contributed by atoms with E-state index < -0.39 is 139 Å². The van der Waals surface area contributed by atoms with E-state index >= 15 is 0 Å². The maximum Gasteiger partial charge on any atom is 2.00 e. The van der Waals surface area contributed by atoms with E-state index in [2.05, 4.69) is 0 Å². The van der Waals surface area contributed by atoms with Gasteiger partial charge in [0.15, 0.2) is 93.1 Å². The van der Waals surface area contributed by atoms with Crippen molar-refractivity contribution in [3.8, 4) is 0 Å². The zero-order valence-electron chi connectivity index (χ0n) is 30.8. The number of carbonyl (C=O) groups excluding carboxylic acids is 4. The molecule has 0 N–H and O–H groups in total. The van der Waals surface area contributed by atoms with Crippen molar-refractivity contribution in [2.75, 3.05) is 26.4 Å². The predicted octanol–water partition coefficient (Wildman–Crippen LogP) is 4.01. The molecule has 2 saturated heterocycles. The van der Waals surface area contributed by atoms with Crippen molar-refractivity contribution in [3.05, 3.63) is 140 Å². The van der Waals surface area contributed by atoms with E-state index in [-0.39, 0.29) is 63.2 Å². The number of rotatable bonds is 4. The Morgan fingerprint density at radius 2 is 0.469 bits per heavy atom. The van der Waals surface area contributed by atoms with Crippen LogP contribution in [-0.2, 0) is 48.4 Å². The SMILES string of the molecule is C1CCOC1.C1CCOC1.O=C([O-])c1cc(F)c(F)c(F)c1F.O=C([O-])c1cc(F)c(F)c(F)c1F.O=C([O-])c1cc(F)c(F)c(F)c1F.O=C([O-])c1cc(F)c(F)c(F)c1F.[Ru+2].[Ru+2]. The Labute approximate surface area is 372 Å². The third kappa shape index (κ3) is 17.4. The Bertz CT molecular complexity index is 1960. The number of hydrogen-bond donors (Lipinski definition) is 0. The van der Waals surface area contributed by atoms with Crippen LogP contribution in [0.3, 0.4) is 0 Å². The number of hydrogen-bond acceptors (Lipinski definition) is 10. The first kappa shape index (κ1) is 60.9. The van der Waals surface area contributed by atoms with Crippen LogP contribution in [0, 0.1) is 93.1 Å². The molecule has 352 valence electrons. The second kappa shape index (κ2) is 28.6. The van der Waals surface area contributed by atoms with Gasteiger partial charge in [0.2, 0.25) is 0 Å². The van der Waals surface area contributed by atoms with Crippen LogP contribution in [0.4, 0.5) is 70.2 Å². The average Bonchev–Trinajstić information content (AvgIpc) is 4.01. The Balaban J connectivity index is 0. The van der Waals surface area contributed by atoms with Crippen molar-refractivity contribution >= 4 is 23.9 Å². The monoisotopic (exact) mass is 1120 g/mol. The van der Waals surface area contributed by atoms with Crippen molar-refractivity contribution in [1.82, 2.24) is 0 Å². The molecule has 2 aliphatic heterocycles. The summed E-state index contributed by atoms with van der Waals surface area (Å²) in [7, 11) is 0. The van der Waals surface area contributed by atoms with Crippen LogP contribution < -0.4 is 20.4 Å². The first-order chi connectivity index (χ1) is 28.8. The van der Waals surface area contributed by atoms with E-state index in [1.807, 2.05) is 0 Å². The summed E-state index contributed by atoms with van der Waals surface area (Å²) in [4.78, 5) is 40.1. The summed E-state index contributed by atoms with van der Waals surface area (Å²) in [5, 5.41) is 40.1. The van der Waals surface area contributed by atoms with Crippen LogP contribution in [0.15, 0.2) is 24.3 Å². The van der Waals surface area contributed by atoms with Crippen molar-refractivity contribution < 1.29 is 158 Å². The molecule has 0 radical (unpaired) electrons. The second-order valence-electron chi connectivity index (χ2n) is 11.2. The maximum atomic E-state index is 12.5. The van der Waals surface area contributed by atoms with Gasteiger partial charge in [-0.2, -0.15) is 0 Å². The van der Waals surface area contributed by atoms with Crippen molar-refractivity contribution in [1.29, 1.82) is 0 Å². The summed E-state index contributed by atoms with van der Waals surface area (Å²) >= 11 is 0. The first-order valence-corrected chi connectivity index (χ1v) is 16.1. The molecule has 0 atom stereocenters. The quantitative estimate of drug-likeness (QED) is 0.126. The molecule has 0 unspecified atom stereocenters. The van der Waals surface area contributed by atoms with Crippen LogP contribution in [-0.4, -0.2) is 50.3 Å². The fraction of sp³-hybridized carbons (Fsp3) is 0.222. The number of carboxylic acids is 4. The summed E-state index contributed by atoms with van der Waals surface area (Å²) in [5.74, 6) is -40.4. The summed E-state index contributed by atoms with van der Waals surface area (Å²) in [6, 6.07) is 0.0678. The van der Waals surface area contributed by atoms with Crippen molar-refractivity contribution in [2.45, 2.75) is 25.7 Å². The van der Waals surface area contributed by atoms with Gasteiger partial charge in [-0.25, -0.2) is 70.2 Å². The molecular formula is C36H20F16O10Ru2. The molecule has 4 aromatic rings. The van der Waals surface area contributed by atoms with Crippen LogP contribution >= 0.6 is 0 Å². The van der Waals surface area contributed by atoms with Gasteiger partial charge in [0, 0.05) is 48.7 Å². The van der Waals surface area contributed by atoms with Gasteiger partial charge in [0.25, 0.3) is 0 Å². The normalized spacial score (nSPS) is 12.0. The number of carboxylic acid groups (broad SMARTS) is 4. The molecule has 0 spiro atoms. The Morgan fingerprint density at radius 1 is 0.312 bits per heavy atom. The van der Waals surface area contributed by atoms with Gasteiger partial charge in [-0.05, 0) is 49.9 Å². The zero-order chi connectivity index (χ0) is 47.8. The number of ether oxygens (including phenoxy) is 2. The van der Waals surface area contributed by atoms with Gasteiger partial charge in [0.1, 0.15) is 0 Å². The van der Waals surface area contributed by atoms with Crippen molar-refractivity contribution in [2.24, 2.45) is 0 Å². The molecule has 2 fully saturated rings. The zero-order valence-corrected chi connectivity index (χ0v) is 34.3. The number of benzene rings is 4. The minimum Gasteiger partial charge on any atom is -0.545 e. The number of halogens is 16. The molecule has 10 nitrogen and oxygen atoms in total. The minimum atomic E-state index is -2.17. The van der Waals surface area contributed by atoms with Crippen LogP contribution in [0.5, 0.6) is 0 Å². The summed E-state index contributed by atoms with van der Waals surface area (Å²) in [5.41, 5.74) is -5.40. The van der Waals surface area contributed by atoms with Crippen LogP contribution in [0.25, 0.3) is 0 Å². The van der Waals surface area contributed by atoms with Gasteiger partial charge in [0.05, 0.1) is 23.9 Å². The Hall–Kier alpha value is -5.19.